The van der Waals surface area contributed by atoms with Crippen LogP contribution in [0.4, 0.5) is 5.69 Å². The van der Waals surface area contributed by atoms with Gasteiger partial charge >= 0.3 is 5.97 Å². The number of unbranched alkanes of at least 4 members (excludes halogenated alkanes) is 3. The standard InChI is InChI=1S/C36H40ClN3O7/c37-25-14-16-26(17-15-25)39-20-9-4-7-13-29(42)38-23-28(24-11-5-3-6-12-24)46-35(45)30-27-18-19-36(47-27)31(30)33(43)40(32(36)34(39)44)21-8-1-2-10-22-41/h3-6,9,11-12,14-19,27-28,30-32,41H,1-2,7-8,10,13,20-23H2,(H,38,42)/b9-4-/t27-,28-,30+,31+,32-,36+/m1/s1. The molecular weight excluding hydrogens is 622 g/mol. The Morgan fingerprint density at radius 3 is 2.47 bits per heavy atom. The minimum Gasteiger partial charge on any atom is -0.455 e. The van der Waals surface area contributed by atoms with Gasteiger partial charge in [0.1, 0.15) is 23.7 Å². The molecule has 11 heteroatoms. The molecule has 4 aliphatic rings. The predicted octanol–water partition coefficient (Wildman–Crippen LogP) is 4.13. The maximum absolute atomic E-state index is 14.8. The Labute approximate surface area is 279 Å². The first-order valence-corrected chi connectivity index (χ1v) is 16.7. The van der Waals surface area contributed by atoms with Gasteiger partial charge < -0.3 is 29.7 Å². The number of rotatable bonds is 8. The summed E-state index contributed by atoms with van der Waals surface area (Å²) < 4.78 is 12.6. The molecule has 4 heterocycles. The second-order valence-corrected chi connectivity index (χ2v) is 12.9. The monoisotopic (exact) mass is 661 g/mol. The Balaban J connectivity index is 1.39. The van der Waals surface area contributed by atoms with Crippen LogP contribution in [0.15, 0.2) is 78.9 Å². The molecule has 0 radical (unpaired) electrons. The average Bonchev–Trinajstić information content (AvgIpc) is 3.72. The van der Waals surface area contributed by atoms with Crippen molar-refractivity contribution < 1.29 is 33.8 Å². The van der Waals surface area contributed by atoms with Crippen molar-refractivity contribution in [2.75, 3.05) is 31.1 Å². The van der Waals surface area contributed by atoms with Crippen molar-refractivity contribution in [3.8, 4) is 0 Å². The normalized spacial score (nSPS) is 30.0. The molecule has 6 atom stereocenters. The van der Waals surface area contributed by atoms with Crippen molar-refractivity contribution in [3.63, 3.8) is 0 Å². The minimum absolute atomic E-state index is 0.0710. The number of fused-ring (bicyclic) bond motifs is 2. The zero-order valence-electron chi connectivity index (χ0n) is 26.1. The van der Waals surface area contributed by atoms with E-state index in [9.17, 15) is 24.3 Å². The quantitative estimate of drug-likeness (QED) is 0.248. The van der Waals surface area contributed by atoms with Crippen LogP contribution < -0.4 is 10.2 Å². The summed E-state index contributed by atoms with van der Waals surface area (Å²) in [5.41, 5.74) is -0.0535. The molecular formula is C36H40ClN3O7. The molecule has 5 bridgehead atoms. The number of nitrogens with one attached hydrogen (secondary N) is 1. The summed E-state index contributed by atoms with van der Waals surface area (Å²) in [4.78, 5) is 59.3. The van der Waals surface area contributed by atoms with Gasteiger partial charge in [-0.15, -0.1) is 0 Å². The van der Waals surface area contributed by atoms with E-state index in [-0.39, 0.29) is 43.8 Å². The number of cyclic esters (lactones) is 1. The summed E-state index contributed by atoms with van der Waals surface area (Å²) in [6.07, 6.45) is 9.22. The fourth-order valence-electron chi connectivity index (χ4n) is 7.22. The lowest BCUT2D eigenvalue weighted by Crippen LogP contribution is -2.56. The first kappa shape index (κ1) is 32.9. The molecule has 0 unspecified atom stereocenters. The number of ether oxygens (including phenoxy) is 2. The molecule has 248 valence electrons. The molecule has 0 aromatic heterocycles. The van der Waals surface area contributed by atoms with Crippen LogP contribution >= 0.6 is 11.6 Å². The largest absolute Gasteiger partial charge is 0.455 e. The van der Waals surface area contributed by atoms with Gasteiger partial charge in [0.15, 0.2) is 0 Å². The summed E-state index contributed by atoms with van der Waals surface area (Å²) in [5.74, 6) is -3.40. The Morgan fingerprint density at radius 2 is 1.70 bits per heavy atom. The Morgan fingerprint density at radius 1 is 0.936 bits per heavy atom. The number of halogens is 1. The maximum atomic E-state index is 14.8. The number of aliphatic hydroxyl groups is 1. The molecule has 6 rings (SSSR count). The molecule has 2 aromatic rings. The molecule has 2 aromatic carbocycles. The number of allylic oxidation sites excluding steroid dienone is 1. The predicted molar refractivity (Wildman–Crippen MR) is 175 cm³/mol. The van der Waals surface area contributed by atoms with Gasteiger partial charge in [-0.3, -0.25) is 19.2 Å². The smallest absolute Gasteiger partial charge is 0.313 e. The third kappa shape index (κ3) is 6.59. The zero-order chi connectivity index (χ0) is 33.0. The zero-order valence-corrected chi connectivity index (χ0v) is 26.9. The summed E-state index contributed by atoms with van der Waals surface area (Å²) in [6.45, 7) is 0.648. The van der Waals surface area contributed by atoms with Crippen LogP contribution in [0.2, 0.25) is 5.02 Å². The van der Waals surface area contributed by atoms with Gasteiger partial charge in [-0.2, -0.15) is 0 Å². The number of aliphatic hydroxyl groups excluding tert-OH is 1. The lowest BCUT2D eigenvalue weighted by molar-refractivity contribution is -0.159. The van der Waals surface area contributed by atoms with E-state index in [1.165, 1.54) is 0 Å². The fourth-order valence-corrected chi connectivity index (χ4v) is 7.34. The van der Waals surface area contributed by atoms with Crippen molar-refractivity contribution in [3.05, 3.63) is 89.5 Å². The van der Waals surface area contributed by atoms with Gasteiger partial charge in [0.2, 0.25) is 11.8 Å². The highest BCUT2D eigenvalue weighted by Gasteiger charge is 2.73. The number of likely N-dealkylation sites (tertiary alicyclic amines) is 1. The van der Waals surface area contributed by atoms with Crippen LogP contribution in [0.5, 0.6) is 0 Å². The van der Waals surface area contributed by atoms with E-state index in [0.29, 0.717) is 42.1 Å². The maximum Gasteiger partial charge on any atom is 0.313 e. The molecule has 0 saturated carbocycles. The SMILES string of the molecule is O=C1CC/C=C\CN(c2ccc(Cl)cc2)C(=O)[C@H]2N(CCCCCCO)C(=O)[C@@H]3[C@@H](C(=O)O[C@@H](c4ccccc4)CN1)[C@H]1C=C[C@]32O1. The molecule has 3 amide bonds. The number of esters is 1. The number of amides is 3. The fraction of sp³-hybridized carbons (Fsp3) is 0.444. The number of anilines is 1. The van der Waals surface area contributed by atoms with Crippen molar-refractivity contribution >= 4 is 41.0 Å². The van der Waals surface area contributed by atoms with Crippen LogP contribution in [0.3, 0.4) is 0 Å². The first-order chi connectivity index (χ1) is 22.8. The van der Waals surface area contributed by atoms with Gasteiger partial charge in [-0.1, -0.05) is 79.1 Å². The third-order valence-corrected chi connectivity index (χ3v) is 9.75. The number of carbonyl (C=O) groups excluding carboxylic acids is 4. The van der Waals surface area contributed by atoms with E-state index in [2.05, 4.69) is 5.32 Å². The topological polar surface area (TPSA) is 125 Å². The molecule has 4 aliphatic heterocycles. The number of nitrogens with zero attached hydrogens (tertiary/aromatic N) is 2. The van der Waals surface area contributed by atoms with Gasteiger partial charge in [0.05, 0.1) is 18.6 Å². The summed E-state index contributed by atoms with van der Waals surface area (Å²) >= 11 is 6.19. The van der Waals surface area contributed by atoms with E-state index in [1.54, 1.807) is 46.2 Å². The van der Waals surface area contributed by atoms with E-state index < -0.39 is 41.7 Å². The van der Waals surface area contributed by atoms with Crippen molar-refractivity contribution in [2.45, 2.75) is 62.4 Å². The van der Waals surface area contributed by atoms with Crippen molar-refractivity contribution in [2.24, 2.45) is 11.8 Å². The number of carbonyl (C=O) groups is 4. The molecule has 2 saturated heterocycles. The first-order valence-electron chi connectivity index (χ1n) is 16.4. The van der Waals surface area contributed by atoms with Gasteiger partial charge in [0, 0.05) is 36.8 Å². The highest BCUT2D eigenvalue weighted by molar-refractivity contribution is 6.30. The lowest BCUT2D eigenvalue weighted by atomic mass is 9.74. The van der Waals surface area contributed by atoms with E-state index in [0.717, 1.165) is 12.8 Å². The minimum atomic E-state index is -1.35. The second kappa shape index (κ2) is 14.4. The summed E-state index contributed by atoms with van der Waals surface area (Å²) in [5, 5.41) is 12.6. The average molecular weight is 662 g/mol. The number of hydrogen-bond donors (Lipinski definition) is 2. The highest BCUT2D eigenvalue weighted by Crippen LogP contribution is 2.56. The molecule has 2 fully saturated rings. The molecule has 0 aliphatic carbocycles. The third-order valence-electron chi connectivity index (χ3n) is 9.50. The van der Waals surface area contributed by atoms with E-state index >= 15 is 0 Å². The van der Waals surface area contributed by atoms with E-state index in [1.807, 2.05) is 42.5 Å². The molecule has 1 spiro atoms. The Kier molecular flexibility index (Phi) is 10.1. The van der Waals surface area contributed by atoms with E-state index in [4.69, 9.17) is 21.1 Å². The highest BCUT2D eigenvalue weighted by atomic mass is 35.5. The summed E-state index contributed by atoms with van der Waals surface area (Å²) in [7, 11) is 0. The van der Waals surface area contributed by atoms with Gasteiger partial charge in [-0.05, 0) is 49.1 Å². The second-order valence-electron chi connectivity index (χ2n) is 12.4. The van der Waals surface area contributed by atoms with Crippen LogP contribution in [0.1, 0.15) is 50.2 Å². The Bertz CT molecular complexity index is 1530. The number of hydrogen-bond acceptors (Lipinski definition) is 7. The van der Waals surface area contributed by atoms with Crippen LogP contribution in [-0.4, -0.2) is 77.7 Å². The van der Waals surface area contributed by atoms with Crippen LogP contribution in [0.25, 0.3) is 0 Å². The van der Waals surface area contributed by atoms with Gasteiger partial charge in [-0.25, -0.2) is 0 Å². The van der Waals surface area contributed by atoms with Crippen molar-refractivity contribution in [1.29, 1.82) is 0 Å². The summed E-state index contributed by atoms with van der Waals surface area (Å²) in [6, 6.07) is 15.1. The molecule has 47 heavy (non-hydrogen) atoms. The van der Waals surface area contributed by atoms with Crippen LogP contribution in [0, 0.1) is 11.8 Å². The molecule has 10 nitrogen and oxygen atoms in total. The number of benzene rings is 2. The molecule has 2 N–H and O–H groups in total. The lowest BCUT2D eigenvalue weighted by Gasteiger charge is -2.36. The van der Waals surface area contributed by atoms with Crippen molar-refractivity contribution in [1.82, 2.24) is 10.2 Å². The Hall–Kier alpha value is -3.99. The van der Waals surface area contributed by atoms with Crippen LogP contribution in [-0.2, 0) is 28.7 Å². The van der Waals surface area contributed by atoms with Gasteiger partial charge in [0.25, 0.3) is 5.91 Å².